The van der Waals surface area contributed by atoms with Crippen molar-refractivity contribution in [2.75, 3.05) is 24.7 Å². The molecule has 0 atom stereocenters. The number of halogens is 1. The first-order valence-electron chi connectivity index (χ1n) is 5.79. The van der Waals surface area contributed by atoms with E-state index in [9.17, 15) is 17.6 Å². The van der Waals surface area contributed by atoms with Crippen molar-refractivity contribution in [3.63, 3.8) is 0 Å². The van der Waals surface area contributed by atoms with E-state index in [0.29, 0.717) is 11.3 Å². The molecular formula is C12H15FN2O3S. The number of aryl methyl sites for hydroxylation is 1. The summed E-state index contributed by atoms with van der Waals surface area (Å²) < 4.78 is 36.9. The van der Waals surface area contributed by atoms with Gasteiger partial charge in [0.15, 0.2) is 0 Å². The molecule has 2 rings (SSSR count). The van der Waals surface area contributed by atoms with Gasteiger partial charge < -0.3 is 5.32 Å². The minimum absolute atomic E-state index is 0.180. The molecule has 0 radical (unpaired) electrons. The summed E-state index contributed by atoms with van der Waals surface area (Å²) in [6.07, 6.45) is 1.11. The highest BCUT2D eigenvalue weighted by Gasteiger charge is 2.37. The molecule has 1 aromatic carbocycles. The van der Waals surface area contributed by atoms with Crippen molar-refractivity contribution in [2.45, 2.75) is 6.92 Å². The Kier molecular flexibility index (Phi) is 3.60. The molecule has 19 heavy (non-hydrogen) atoms. The van der Waals surface area contributed by atoms with E-state index in [1.807, 2.05) is 0 Å². The van der Waals surface area contributed by atoms with Gasteiger partial charge in [0.1, 0.15) is 5.82 Å². The third-order valence-electron chi connectivity index (χ3n) is 3.13. The molecule has 0 bridgehead atoms. The number of hydrogen-bond donors (Lipinski definition) is 1. The first-order valence-corrected chi connectivity index (χ1v) is 7.64. The van der Waals surface area contributed by atoms with Crippen LogP contribution < -0.4 is 5.32 Å². The maximum atomic E-state index is 13.3. The minimum Gasteiger partial charge on any atom is -0.326 e. The summed E-state index contributed by atoms with van der Waals surface area (Å²) in [6, 6.07) is 4.44. The molecule has 1 aromatic rings. The molecule has 1 fully saturated rings. The topological polar surface area (TPSA) is 66.5 Å². The monoisotopic (exact) mass is 286 g/mol. The normalized spacial score (nSPS) is 17.0. The molecule has 0 saturated carbocycles. The fraction of sp³-hybridized carbons (Fsp3) is 0.417. The first kappa shape index (κ1) is 14.0. The fourth-order valence-electron chi connectivity index (χ4n) is 1.79. The van der Waals surface area contributed by atoms with Crippen molar-refractivity contribution in [3.8, 4) is 0 Å². The second kappa shape index (κ2) is 4.90. The summed E-state index contributed by atoms with van der Waals surface area (Å²) in [5, 5.41) is 2.58. The molecule has 0 aliphatic carbocycles. The summed E-state index contributed by atoms with van der Waals surface area (Å²) in [7, 11) is -3.22. The lowest BCUT2D eigenvalue weighted by atomic mass is 10.0. The number of sulfonamides is 1. The zero-order valence-corrected chi connectivity index (χ0v) is 11.5. The molecule has 1 aliphatic heterocycles. The second-order valence-electron chi connectivity index (χ2n) is 4.73. The molecule has 104 valence electrons. The van der Waals surface area contributed by atoms with E-state index < -0.39 is 10.0 Å². The number of hydrogen-bond acceptors (Lipinski definition) is 3. The van der Waals surface area contributed by atoms with Gasteiger partial charge in [-0.25, -0.2) is 17.1 Å². The van der Waals surface area contributed by atoms with Crippen LogP contribution in [0.4, 0.5) is 10.1 Å². The average Bonchev–Trinajstić information content (AvgIpc) is 2.19. The Morgan fingerprint density at radius 2 is 2.05 bits per heavy atom. The van der Waals surface area contributed by atoms with E-state index in [1.165, 1.54) is 10.4 Å². The SMILES string of the molecule is Cc1ccc(NC(=O)C2CN(S(C)(=O)=O)C2)cc1F. The molecule has 1 amide bonds. The predicted molar refractivity (Wildman–Crippen MR) is 69.7 cm³/mol. The highest BCUT2D eigenvalue weighted by atomic mass is 32.2. The number of anilines is 1. The van der Waals surface area contributed by atoms with Crippen LogP contribution in [0.2, 0.25) is 0 Å². The van der Waals surface area contributed by atoms with E-state index in [2.05, 4.69) is 5.32 Å². The molecule has 1 saturated heterocycles. The third-order valence-corrected chi connectivity index (χ3v) is 4.36. The molecule has 0 unspecified atom stereocenters. The van der Waals surface area contributed by atoms with Crippen molar-refractivity contribution in [2.24, 2.45) is 5.92 Å². The number of carbonyl (C=O) groups is 1. The van der Waals surface area contributed by atoms with Gasteiger partial charge in [-0.2, -0.15) is 0 Å². The smallest absolute Gasteiger partial charge is 0.230 e. The molecule has 0 aromatic heterocycles. The van der Waals surface area contributed by atoms with Gasteiger partial charge in [0, 0.05) is 18.8 Å². The van der Waals surface area contributed by atoms with Crippen LogP contribution >= 0.6 is 0 Å². The van der Waals surface area contributed by atoms with Crippen molar-refractivity contribution in [1.82, 2.24) is 4.31 Å². The summed E-state index contributed by atoms with van der Waals surface area (Å²) in [5.74, 6) is -1.05. The lowest BCUT2D eigenvalue weighted by molar-refractivity contribution is -0.122. The van der Waals surface area contributed by atoms with Crippen molar-refractivity contribution < 1.29 is 17.6 Å². The van der Waals surface area contributed by atoms with Gasteiger partial charge in [-0.1, -0.05) is 6.07 Å². The lowest BCUT2D eigenvalue weighted by Crippen LogP contribution is -2.53. The third kappa shape index (κ3) is 3.10. The molecule has 5 nitrogen and oxygen atoms in total. The van der Waals surface area contributed by atoms with Crippen LogP contribution in [0, 0.1) is 18.7 Å². The molecule has 0 spiro atoms. The number of rotatable bonds is 3. The maximum absolute atomic E-state index is 13.3. The van der Waals surface area contributed by atoms with Gasteiger partial charge in [0.25, 0.3) is 0 Å². The van der Waals surface area contributed by atoms with Crippen LogP contribution in [0.15, 0.2) is 18.2 Å². The van der Waals surface area contributed by atoms with E-state index in [0.717, 1.165) is 6.26 Å². The Morgan fingerprint density at radius 1 is 1.42 bits per heavy atom. The van der Waals surface area contributed by atoms with Crippen molar-refractivity contribution >= 4 is 21.6 Å². The van der Waals surface area contributed by atoms with E-state index >= 15 is 0 Å². The highest BCUT2D eigenvalue weighted by molar-refractivity contribution is 7.88. The van der Waals surface area contributed by atoms with Crippen LogP contribution in [0.5, 0.6) is 0 Å². The van der Waals surface area contributed by atoms with Crippen molar-refractivity contribution in [3.05, 3.63) is 29.6 Å². The number of amides is 1. The van der Waals surface area contributed by atoms with Gasteiger partial charge in [-0.05, 0) is 24.6 Å². The molecule has 1 heterocycles. The Hall–Kier alpha value is -1.47. The maximum Gasteiger partial charge on any atom is 0.230 e. The average molecular weight is 286 g/mol. The number of benzene rings is 1. The van der Waals surface area contributed by atoms with E-state index in [1.54, 1.807) is 19.1 Å². The first-order chi connectivity index (χ1) is 8.77. The zero-order valence-electron chi connectivity index (χ0n) is 10.7. The number of carbonyl (C=O) groups excluding carboxylic acids is 1. The summed E-state index contributed by atoms with van der Waals surface area (Å²) in [5.41, 5.74) is 0.885. The summed E-state index contributed by atoms with van der Waals surface area (Å²) in [6.45, 7) is 1.99. The van der Waals surface area contributed by atoms with Crippen LogP contribution in [-0.2, 0) is 14.8 Å². The van der Waals surface area contributed by atoms with Gasteiger partial charge in [0.05, 0.1) is 12.2 Å². The Morgan fingerprint density at radius 3 is 2.58 bits per heavy atom. The van der Waals surface area contributed by atoms with Crippen LogP contribution in [0.25, 0.3) is 0 Å². The quantitative estimate of drug-likeness (QED) is 0.900. The molecule has 7 heteroatoms. The lowest BCUT2D eigenvalue weighted by Gasteiger charge is -2.35. The summed E-state index contributed by atoms with van der Waals surface area (Å²) in [4.78, 5) is 11.8. The second-order valence-corrected chi connectivity index (χ2v) is 6.71. The molecular weight excluding hydrogens is 271 g/mol. The van der Waals surface area contributed by atoms with Gasteiger partial charge in [-0.3, -0.25) is 4.79 Å². The Labute approximate surface area is 111 Å². The van der Waals surface area contributed by atoms with Crippen LogP contribution in [0.1, 0.15) is 5.56 Å². The highest BCUT2D eigenvalue weighted by Crippen LogP contribution is 2.21. The standard InChI is InChI=1S/C12H15FN2O3S/c1-8-3-4-10(5-11(8)13)14-12(16)9-6-15(7-9)19(2,17)18/h3-5,9H,6-7H2,1-2H3,(H,14,16). The molecule has 1 N–H and O–H groups in total. The van der Waals surface area contributed by atoms with E-state index in [4.69, 9.17) is 0 Å². The number of nitrogens with zero attached hydrogens (tertiary/aromatic N) is 1. The summed E-state index contributed by atoms with van der Waals surface area (Å²) >= 11 is 0. The zero-order chi connectivity index (χ0) is 14.2. The van der Waals surface area contributed by atoms with Gasteiger partial charge in [-0.15, -0.1) is 0 Å². The van der Waals surface area contributed by atoms with Crippen LogP contribution in [0.3, 0.4) is 0 Å². The Bertz CT molecular complexity index is 609. The van der Waals surface area contributed by atoms with Crippen molar-refractivity contribution in [1.29, 1.82) is 0 Å². The fourth-order valence-corrected chi connectivity index (χ4v) is 2.69. The largest absolute Gasteiger partial charge is 0.326 e. The number of nitrogens with one attached hydrogen (secondary N) is 1. The molecule has 1 aliphatic rings. The van der Waals surface area contributed by atoms with Crippen LogP contribution in [-0.4, -0.2) is 38.0 Å². The predicted octanol–water partition coefficient (Wildman–Crippen LogP) is 0.964. The van der Waals surface area contributed by atoms with Gasteiger partial charge >= 0.3 is 0 Å². The van der Waals surface area contributed by atoms with E-state index in [-0.39, 0.29) is 30.7 Å². The van der Waals surface area contributed by atoms with Gasteiger partial charge in [0.2, 0.25) is 15.9 Å². The Balaban J connectivity index is 1.94. The minimum atomic E-state index is -3.22.